The van der Waals surface area contributed by atoms with Crippen LogP contribution < -0.4 is 5.32 Å². The molecule has 0 aliphatic rings. The summed E-state index contributed by atoms with van der Waals surface area (Å²) in [6, 6.07) is 0. The largest absolute Gasteiger partial charge is 0.466 e. The zero-order valence-electron chi connectivity index (χ0n) is 18.1. The van der Waals surface area contributed by atoms with Crippen LogP contribution in [0.5, 0.6) is 0 Å². The van der Waals surface area contributed by atoms with Gasteiger partial charge in [0, 0.05) is 6.54 Å². The molecule has 0 fully saturated rings. The number of unbranched alkanes of at least 4 members (excludes halogenated alkanes) is 13. The van der Waals surface area contributed by atoms with Crippen LogP contribution in [0.2, 0.25) is 0 Å². The third-order valence-electron chi connectivity index (χ3n) is 5.17. The van der Waals surface area contributed by atoms with E-state index in [0.29, 0.717) is 6.61 Å². The molecule has 0 aromatic rings. The number of nitrogens with one attached hydrogen (secondary N) is 1. The third-order valence-corrected chi connectivity index (χ3v) is 5.17. The zero-order chi connectivity index (χ0) is 19.3. The molecule has 3 nitrogen and oxygen atoms in total. The lowest BCUT2D eigenvalue weighted by Gasteiger charge is -2.15. The average molecular weight is 370 g/mol. The van der Waals surface area contributed by atoms with E-state index in [9.17, 15) is 4.79 Å². The van der Waals surface area contributed by atoms with Gasteiger partial charge in [0.05, 0.1) is 12.5 Å². The first-order chi connectivity index (χ1) is 12.8. The molecule has 0 heterocycles. The first kappa shape index (κ1) is 25.4. The Morgan fingerprint density at radius 3 is 1.62 bits per heavy atom. The lowest BCUT2D eigenvalue weighted by atomic mass is 9.99. The van der Waals surface area contributed by atoms with Gasteiger partial charge in [0.15, 0.2) is 0 Å². The van der Waals surface area contributed by atoms with Gasteiger partial charge in [-0.3, -0.25) is 4.79 Å². The number of carbonyl (C=O) groups excluding carboxylic acids is 1. The summed E-state index contributed by atoms with van der Waals surface area (Å²) in [4.78, 5) is 12.0. The van der Waals surface area contributed by atoms with Gasteiger partial charge in [-0.2, -0.15) is 0 Å². The molecule has 0 amide bonds. The minimum Gasteiger partial charge on any atom is -0.466 e. The number of esters is 1. The van der Waals surface area contributed by atoms with Crippen molar-refractivity contribution >= 4 is 5.97 Å². The Kier molecular flexibility index (Phi) is 20.3. The third kappa shape index (κ3) is 16.9. The molecule has 0 spiro atoms. The Balaban J connectivity index is 3.43. The Morgan fingerprint density at radius 1 is 0.731 bits per heavy atom. The van der Waals surface area contributed by atoms with E-state index in [1.54, 1.807) is 0 Å². The second-order valence-corrected chi connectivity index (χ2v) is 7.64. The first-order valence-corrected chi connectivity index (χ1v) is 11.6. The Bertz CT molecular complexity index is 294. The maximum atomic E-state index is 12.0. The molecule has 0 bridgehead atoms. The lowest BCUT2D eigenvalue weighted by Crippen LogP contribution is -2.29. The van der Waals surface area contributed by atoms with Crippen molar-refractivity contribution in [2.75, 3.05) is 19.7 Å². The molecule has 0 aromatic heterocycles. The Morgan fingerprint density at radius 2 is 1.19 bits per heavy atom. The SMILES string of the molecule is CCCCCCCCCCCCCCCCC(CNCC)C(=O)OCC. The van der Waals surface area contributed by atoms with Gasteiger partial charge in [-0.25, -0.2) is 0 Å². The van der Waals surface area contributed by atoms with Crippen LogP contribution in [0.4, 0.5) is 0 Å². The molecule has 26 heavy (non-hydrogen) atoms. The van der Waals surface area contributed by atoms with Gasteiger partial charge in [0.2, 0.25) is 0 Å². The molecule has 0 aliphatic heterocycles. The van der Waals surface area contributed by atoms with Crippen molar-refractivity contribution in [2.45, 2.75) is 117 Å². The van der Waals surface area contributed by atoms with Crippen LogP contribution in [-0.4, -0.2) is 25.7 Å². The summed E-state index contributed by atoms with van der Waals surface area (Å²) in [5.41, 5.74) is 0. The topological polar surface area (TPSA) is 38.3 Å². The summed E-state index contributed by atoms with van der Waals surface area (Å²) in [5, 5.41) is 3.29. The van der Waals surface area contributed by atoms with Gasteiger partial charge >= 0.3 is 5.97 Å². The highest BCUT2D eigenvalue weighted by atomic mass is 16.5. The molecule has 0 rings (SSSR count). The molecule has 1 N–H and O–H groups in total. The van der Waals surface area contributed by atoms with Gasteiger partial charge < -0.3 is 10.1 Å². The van der Waals surface area contributed by atoms with Crippen LogP contribution in [0.25, 0.3) is 0 Å². The molecule has 0 saturated heterocycles. The smallest absolute Gasteiger partial charge is 0.310 e. The summed E-state index contributed by atoms with van der Waals surface area (Å²) < 4.78 is 5.19. The lowest BCUT2D eigenvalue weighted by molar-refractivity contribution is -0.148. The van der Waals surface area contributed by atoms with Crippen LogP contribution >= 0.6 is 0 Å². The van der Waals surface area contributed by atoms with Crippen LogP contribution in [0.1, 0.15) is 117 Å². The van der Waals surface area contributed by atoms with Gasteiger partial charge in [-0.15, -0.1) is 0 Å². The number of hydrogen-bond acceptors (Lipinski definition) is 3. The van der Waals surface area contributed by atoms with E-state index >= 15 is 0 Å². The van der Waals surface area contributed by atoms with Crippen LogP contribution in [0.3, 0.4) is 0 Å². The molecule has 156 valence electrons. The average Bonchev–Trinajstić information content (AvgIpc) is 2.64. The number of rotatable bonds is 20. The van der Waals surface area contributed by atoms with Crippen molar-refractivity contribution in [3.8, 4) is 0 Å². The molecular weight excluding hydrogens is 322 g/mol. The Labute approximate surface area is 164 Å². The zero-order valence-corrected chi connectivity index (χ0v) is 18.1. The molecular formula is C23H47NO2. The van der Waals surface area contributed by atoms with Gasteiger partial charge in [0.25, 0.3) is 0 Å². The number of ether oxygens (including phenoxy) is 1. The summed E-state index contributed by atoms with van der Waals surface area (Å²) in [7, 11) is 0. The maximum absolute atomic E-state index is 12.0. The van der Waals surface area contributed by atoms with Gasteiger partial charge in [-0.1, -0.05) is 104 Å². The van der Waals surface area contributed by atoms with Gasteiger partial charge in [-0.05, 0) is 19.9 Å². The summed E-state index contributed by atoms with van der Waals surface area (Å²) >= 11 is 0. The van der Waals surface area contributed by atoms with Crippen molar-refractivity contribution < 1.29 is 9.53 Å². The molecule has 0 radical (unpaired) electrons. The van der Waals surface area contributed by atoms with E-state index in [1.807, 2.05) is 6.92 Å². The molecule has 3 heteroatoms. The molecule has 1 unspecified atom stereocenters. The van der Waals surface area contributed by atoms with E-state index in [1.165, 1.54) is 83.5 Å². The first-order valence-electron chi connectivity index (χ1n) is 11.6. The van der Waals surface area contributed by atoms with E-state index < -0.39 is 0 Å². The van der Waals surface area contributed by atoms with Crippen molar-refractivity contribution in [3.05, 3.63) is 0 Å². The van der Waals surface area contributed by atoms with Crippen molar-refractivity contribution in [3.63, 3.8) is 0 Å². The highest BCUT2D eigenvalue weighted by Gasteiger charge is 2.18. The fourth-order valence-corrected chi connectivity index (χ4v) is 3.47. The van der Waals surface area contributed by atoms with Crippen LogP contribution in [-0.2, 0) is 9.53 Å². The standard InChI is InChI=1S/C23H47NO2/c1-4-7-8-9-10-11-12-13-14-15-16-17-18-19-20-22(21-24-5-2)23(25)26-6-3/h22,24H,4-21H2,1-3H3. The summed E-state index contributed by atoms with van der Waals surface area (Å²) in [5.74, 6) is 0.00960. The quantitative estimate of drug-likeness (QED) is 0.193. The van der Waals surface area contributed by atoms with E-state index in [2.05, 4.69) is 19.2 Å². The maximum Gasteiger partial charge on any atom is 0.310 e. The molecule has 1 atom stereocenters. The predicted octanol–water partition coefficient (Wildman–Crippen LogP) is 6.65. The van der Waals surface area contributed by atoms with Crippen molar-refractivity contribution in [2.24, 2.45) is 5.92 Å². The summed E-state index contributed by atoms with van der Waals surface area (Å²) in [6.07, 6.45) is 20.2. The summed E-state index contributed by atoms with van der Waals surface area (Å²) in [6.45, 7) is 8.40. The Hall–Kier alpha value is -0.570. The van der Waals surface area contributed by atoms with E-state index in [4.69, 9.17) is 4.74 Å². The second-order valence-electron chi connectivity index (χ2n) is 7.64. The van der Waals surface area contributed by atoms with E-state index in [-0.39, 0.29) is 11.9 Å². The molecule has 0 saturated carbocycles. The highest BCUT2D eigenvalue weighted by molar-refractivity contribution is 5.72. The van der Waals surface area contributed by atoms with Gasteiger partial charge in [0.1, 0.15) is 0 Å². The predicted molar refractivity (Wildman–Crippen MR) is 114 cm³/mol. The molecule has 0 aromatic carbocycles. The second kappa shape index (κ2) is 20.7. The van der Waals surface area contributed by atoms with Crippen LogP contribution in [0.15, 0.2) is 0 Å². The number of hydrogen-bond donors (Lipinski definition) is 1. The highest BCUT2D eigenvalue weighted by Crippen LogP contribution is 2.15. The minimum absolute atomic E-state index is 0.0249. The van der Waals surface area contributed by atoms with Crippen LogP contribution in [0, 0.1) is 5.92 Å². The number of carbonyl (C=O) groups is 1. The molecule has 0 aliphatic carbocycles. The van der Waals surface area contributed by atoms with Crippen molar-refractivity contribution in [1.82, 2.24) is 5.32 Å². The monoisotopic (exact) mass is 369 g/mol. The fourth-order valence-electron chi connectivity index (χ4n) is 3.47. The van der Waals surface area contributed by atoms with E-state index in [0.717, 1.165) is 25.9 Å². The fraction of sp³-hybridized carbons (Fsp3) is 0.957. The minimum atomic E-state index is -0.0249. The van der Waals surface area contributed by atoms with Crippen molar-refractivity contribution in [1.29, 1.82) is 0 Å². The normalized spacial score (nSPS) is 12.3.